The molecule has 0 aromatic carbocycles. The Kier molecular flexibility index (Phi) is 4.58. The van der Waals surface area contributed by atoms with E-state index in [4.69, 9.17) is 0 Å². The van der Waals surface area contributed by atoms with E-state index in [1.54, 1.807) is 0 Å². The molecule has 108 valence electrons. The number of likely N-dealkylation sites (N-methyl/N-ethyl adjacent to an activating group) is 1. The van der Waals surface area contributed by atoms with Crippen LogP contribution in [0.5, 0.6) is 0 Å². The fraction of sp³-hybridized carbons (Fsp3) is 0.857. The smallest absolute Gasteiger partial charge is 0.0771 e. The van der Waals surface area contributed by atoms with Gasteiger partial charge in [-0.05, 0) is 46.3 Å². The monoisotopic (exact) mass is 265 g/mol. The largest absolute Gasteiger partial charge is 0.310 e. The molecule has 0 amide bonds. The second-order valence-corrected chi connectivity index (χ2v) is 5.76. The van der Waals surface area contributed by atoms with Gasteiger partial charge in [0.15, 0.2) is 0 Å². The Morgan fingerprint density at radius 3 is 2.53 bits per heavy atom. The van der Waals surface area contributed by atoms with Gasteiger partial charge in [0.25, 0.3) is 0 Å². The minimum Gasteiger partial charge on any atom is -0.310 e. The van der Waals surface area contributed by atoms with Gasteiger partial charge in [0.1, 0.15) is 0 Å². The van der Waals surface area contributed by atoms with Crippen molar-refractivity contribution >= 4 is 0 Å². The summed E-state index contributed by atoms with van der Waals surface area (Å²) < 4.78 is 1.89. The van der Waals surface area contributed by atoms with Gasteiger partial charge in [-0.2, -0.15) is 0 Å². The topological polar surface area (TPSA) is 46.0 Å². The van der Waals surface area contributed by atoms with E-state index in [1.807, 2.05) is 25.0 Å². The van der Waals surface area contributed by atoms with Crippen LogP contribution in [0.3, 0.4) is 0 Å². The highest BCUT2D eigenvalue weighted by molar-refractivity contribution is 5.11. The number of aromatic nitrogens is 3. The van der Waals surface area contributed by atoms with Gasteiger partial charge in [0.05, 0.1) is 17.9 Å². The lowest BCUT2D eigenvalue weighted by Crippen LogP contribution is -2.55. The molecule has 0 spiro atoms. The van der Waals surface area contributed by atoms with Crippen LogP contribution in [0.4, 0.5) is 0 Å². The van der Waals surface area contributed by atoms with E-state index >= 15 is 0 Å². The summed E-state index contributed by atoms with van der Waals surface area (Å²) >= 11 is 0. The Labute approximate surface area is 116 Å². The van der Waals surface area contributed by atoms with E-state index in [2.05, 4.69) is 34.4 Å². The van der Waals surface area contributed by atoms with Crippen LogP contribution in [-0.2, 0) is 7.05 Å². The molecule has 0 saturated carbocycles. The maximum atomic E-state index is 4.09. The maximum absolute atomic E-state index is 4.09. The third kappa shape index (κ3) is 2.67. The Morgan fingerprint density at radius 2 is 2.05 bits per heavy atom. The molecule has 0 bridgehead atoms. The number of nitrogens with zero attached hydrogens (tertiary/aromatic N) is 4. The molecular formula is C14H27N5. The average Bonchev–Trinajstić information content (AvgIpc) is 2.86. The van der Waals surface area contributed by atoms with Crippen molar-refractivity contribution in [3.63, 3.8) is 0 Å². The van der Waals surface area contributed by atoms with Crippen molar-refractivity contribution in [3.05, 3.63) is 11.9 Å². The standard InChI is InChI=1S/C14H27N5/c1-5-14(2,19-9-7-6-8-10-19)13(15-3)12-11-16-17-18(12)4/h11,13,15H,5-10H2,1-4H3. The number of nitrogens with one attached hydrogen (secondary N) is 1. The molecule has 1 aliphatic rings. The molecule has 2 rings (SSSR count). The molecule has 1 fully saturated rings. The Morgan fingerprint density at radius 1 is 1.37 bits per heavy atom. The van der Waals surface area contributed by atoms with Crippen molar-refractivity contribution in [3.8, 4) is 0 Å². The van der Waals surface area contributed by atoms with Crippen molar-refractivity contribution in [1.82, 2.24) is 25.2 Å². The summed E-state index contributed by atoms with van der Waals surface area (Å²) in [7, 11) is 4.01. The first-order chi connectivity index (χ1) is 9.13. The summed E-state index contributed by atoms with van der Waals surface area (Å²) in [5, 5.41) is 11.6. The van der Waals surface area contributed by atoms with E-state index < -0.39 is 0 Å². The van der Waals surface area contributed by atoms with E-state index in [1.165, 1.54) is 32.4 Å². The highest BCUT2D eigenvalue weighted by atomic mass is 15.4. The zero-order chi connectivity index (χ0) is 13.9. The van der Waals surface area contributed by atoms with Crippen molar-refractivity contribution in [1.29, 1.82) is 0 Å². The first-order valence-electron chi connectivity index (χ1n) is 7.40. The van der Waals surface area contributed by atoms with Crippen LogP contribution in [0, 0.1) is 0 Å². The number of aryl methyl sites for hydroxylation is 1. The van der Waals surface area contributed by atoms with Crippen LogP contribution < -0.4 is 5.32 Å². The van der Waals surface area contributed by atoms with Crippen LogP contribution in [0.15, 0.2) is 6.20 Å². The number of piperidine rings is 1. The van der Waals surface area contributed by atoms with Crippen LogP contribution in [-0.4, -0.2) is 45.6 Å². The minimum atomic E-state index is 0.116. The van der Waals surface area contributed by atoms with E-state index in [0.717, 1.165) is 12.1 Å². The van der Waals surface area contributed by atoms with Gasteiger partial charge in [-0.1, -0.05) is 18.6 Å². The first kappa shape index (κ1) is 14.5. The summed E-state index contributed by atoms with van der Waals surface area (Å²) in [5.74, 6) is 0. The van der Waals surface area contributed by atoms with Crippen LogP contribution >= 0.6 is 0 Å². The second kappa shape index (κ2) is 6.01. The highest BCUT2D eigenvalue weighted by Crippen LogP contribution is 2.35. The Hall–Kier alpha value is -0.940. The third-order valence-corrected chi connectivity index (χ3v) is 4.75. The predicted molar refractivity (Wildman–Crippen MR) is 76.9 cm³/mol. The van der Waals surface area contributed by atoms with Gasteiger partial charge in [-0.15, -0.1) is 5.10 Å². The molecule has 0 radical (unpaired) electrons. The van der Waals surface area contributed by atoms with E-state index in [0.29, 0.717) is 0 Å². The van der Waals surface area contributed by atoms with Gasteiger partial charge in [0.2, 0.25) is 0 Å². The first-order valence-corrected chi connectivity index (χ1v) is 7.40. The molecule has 2 atom stereocenters. The van der Waals surface area contributed by atoms with Gasteiger partial charge in [-0.3, -0.25) is 9.58 Å². The number of hydrogen-bond acceptors (Lipinski definition) is 4. The highest BCUT2D eigenvalue weighted by Gasteiger charge is 2.40. The molecule has 1 aromatic heterocycles. The molecule has 2 heterocycles. The van der Waals surface area contributed by atoms with Crippen molar-refractivity contribution in [2.75, 3.05) is 20.1 Å². The summed E-state index contributed by atoms with van der Waals surface area (Å²) in [6, 6.07) is 0.260. The quantitative estimate of drug-likeness (QED) is 0.881. The molecular weight excluding hydrogens is 238 g/mol. The molecule has 5 heteroatoms. The normalized spacial score (nSPS) is 22.1. The molecule has 19 heavy (non-hydrogen) atoms. The zero-order valence-electron chi connectivity index (χ0n) is 12.7. The SMILES string of the molecule is CCC(C)(C(NC)c1cnnn1C)N1CCCCC1. The lowest BCUT2D eigenvalue weighted by Gasteiger charge is -2.47. The summed E-state index contributed by atoms with van der Waals surface area (Å²) in [6.07, 6.45) is 7.00. The number of rotatable bonds is 5. The van der Waals surface area contributed by atoms with E-state index in [9.17, 15) is 0 Å². The molecule has 1 aromatic rings. The molecule has 5 nitrogen and oxygen atoms in total. The van der Waals surface area contributed by atoms with Gasteiger partial charge >= 0.3 is 0 Å². The zero-order valence-corrected chi connectivity index (χ0v) is 12.7. The van der Waals surface area contributed by atoms with Crippen LogP contribution in [0.25, 0.3) is 0 Å². The van der Waals surface area contributed by atoms with Gasteiger partial charge in [0, 0.05) is 12.6 Å². The fourth-order valence-corrected chi connectivity index (χ4v) is 3.35. The predicted octanol–water partition coefficient (Wildman–Crippen LogP) is 1.73. The molecule has 1 aliphatic heterocycles. The Bertz CT molecular complexity index is 396. The van der Waals surface area contributed by atoms with Crippen molar-refractivity contribution < 1.29 is 0 Å². The second-order valence-electron chi connectivity index (χ2n) is 5.76. The average molecular weight is 265 g/mol. The molecule has 2 unspecified atom stereocenters. The number of hydrogen-bond donors (Lipinski definition) is 1. The van der Waals surface area contributed by atoms with E-state index in [-0.39, 0.29) is 11.6 Å². The molecule has 1 N–H and O–H groups in total. The van der Waals surface area contributed by atoms with Crippen molar-refractivity contribution in [2.24, 2.45) is 7.05 Å². The summed E-state index contributed by atoms with van der Waals surface area (Å²) in [5.41, 5.74) is 1.28. The van der Waals surface area contributed by atoms with Gasteiger partial charge < -0.3 is 5.32 Å². The lowest BCUT2D eigenvalue weighted by molar-refractivity contribution is 0.0424. The minimum absolute atomic E-state index is 0.116. The lowest BCUT2D eigenvalue weighted by atomic mass is 9.84. The summed E-state index contributed by atoms with van der Waals surface area (Å²) in [4.78, 5) is 2.64. The molecule has 1 saturated heterocycles. The van der Waals surface area contributed by atoms with Crippen LogP contribution in [0.1, 0.15) is 51.3 Å². The number of likely N-dealkylation sites (tertiary alicyclic amines) is 1. The summed E-state index contributed by atoms with van der Waals surface area (Å²) in [6.45, 7) is 7.05. The maximum Gasteiger partial charge on any atom is 0.0771 e. The van der Waals surface area contributed by atoms with Crippen LogP contribution in [0.2, 0.25) is 0 Å². The molecule has 0 aliphatic carbocycles. The fourth-order valence-electron chi connectivity index (χ4n) is 3.35. The third-order valence-electron chi connectivity index (χ3n) is 4.75. The van der Waals surface area contributed by atoms with Gasteiger partial charge in [-0.25, -0.2) is 0 Å². The van der Waals surface area contributed by atoms with Crippen molar-refractivity contribution in [2.45, 2.75) is 51.1 Å². The Balaban J connectivity index is 2.29.